The Balaban J connectivity index is 1.77. The number of aromatic nitrogens is 1. The van der Waals surface area contributed by atoms with Gasteiger partial charge in [0.05, 0.1) is 5.56 Å². The molecule has 24 heavy (non-hydrogen) atoms. The molecule has 0 fully saturated rings. The number of nitrogens with zero attached hydrogens (tertiary/aromatic N) is 1. The number of hydrogen-bond acceptors (Lipinski definition) is 4. The average Bonchev–Trinajstić information content (AvgIpc) is 2.58. The molecular formula is C18H15FN4O. The van der Waals surface area contributed by atoms with Gasteiger partial charge in [-0.2, -0.15) is 0 Å². The zero-order chi connectivity index (χ0) is 16.9. The van der Waals surface area contributed by atoms with Crippen LogP contribution in [-0.2, 0) is 0 Å². The topological polar surface area (TPSA) is 80.0 Å². The van der Waals surface area contributed by atoms with Crippen LogP contribution in [0.25, 0.3) is 0 Å². The van der Waals surface area contributed by atoms with Crippen molar-refractivity contribution in [2.45, 2.75) is 0 Å². The molecule has 0 aliphatic heterocycles. The van der Waals surface area contributed by atoms with E-state index in [-0.39, 0.29) is 5.56 Å². The highest BCUT2D eigenvalue weighted by Gasteiger charge is 2.12. The summed E-state index contributed by atoms with van der Waals surface area (Å²) in [6.45, 7) is 0. The fourth-order valence-electron chi connectivity index (χ4n) is 2.19. The van der Waals surface area contributed by atoms with Crippen molar-refractivity contribution in [2.24, 2.45) is 0 Å². The van der Waals surface area contributed by atoms with Gasteiger partial charge in [-0.3, -0.25) is 9.78 Å². The van der Waals surface area contributed by atoms with Gasteiger partial charge in [-0.05, 0) is 48.5 Å². The monoisotopic (exact) mass is 322 g/mol. The number of carbonyl (C=O) groups excluding carboxylic acids is 1. The standard InChI is InChI=1S/C18H15FN4O/c19-17-5-4-12(20)10-16(17)18(24)23-15-3-1-2-14(11-15)22-13-6-8-21-9-7-13/h1-11H,20H2,(H,21,22)(H,23,24). The second-order valence-corrected chi connectivity index (χ2v) is 5.14. The van der Waals surface area contributed by atoms with E-state index in [1.54, 1.807) is 30.6 Å². The van der Waals surface area contributed by atoms with E-state index in [4.69, 9.17) is 5.73 Å². The van der Waals surface area contributed by atoms with Crippen molar-refractivity contribution < 1.29 is 9.18 Å². The lowest BCUT2D eigenvalue weighted by Gasteiger charge is -2.10. The van der Waals surface area contributed by atoms with Crippen molar-refractivity contribution in [1.29, 1.82) is 0 Å². The second-order valence-electron chi connectivity index (χ2n) is 5.14. The summed E-state index contributed by atoms with van der Waals surface area (Å²) in [5, 5.41) is 5.86. The Kier molecular flexibility index (Phi) is 4.38. The molecule has 5 nitrogen and oxygen atoms in total. The number of nitrogens with two attached hydrogens (primary N) is 1. The summed E-state index contributed by atoms with van der Waals surface area (Å²) in [6.07, 6.45) is 3.35. The molecule has 4 N–H and O–H groups in total. The Labute approximate surface area is 138 Å². The molecule has 0 aliphatic rings. The fraction of sp³-hybridized carbons (Fsp3) is 0. The van der Waals surface area contributed by atoms with Crippen molar-refractivity contribution in [2.75, 3.05) is 16.4 Å². The Morgan fingerprint density at radius 3 is 2.50 bits per heavy atom. The van der Waals surface area contributed by atoms with E-state index in [0.717, 1.165) is 11.4 Å². The number of nitrogen functional groups attached to an aromatic ring is 1. The van der Waals surface area contributed by atoms with Crippen LogP contribution >= 0.6 is 0 Å². The summed E-state index contributed by atoms with van der Waals surface area (Å²) >= 11 is 0. The molecule has 0 spiro atoms. The molecule has 120 valence electrons. The first-order valence-corrected chi connectivity index (χ1v) is 7.25. The van der Waals surface area contributed by atoms with Gasteiger partial charge in [-0.25, -0.2) is 4.39 Å². The summed E-state index contributed by atoms with van der Waals surface area (Å²) < 4.78 is 13.8. The molecule has 0 bridgehead atoms. The average molecular weight is 322 g/mol. The van der Waals surface area contributed by atoms with Gasteiger partial charge in [-0.15, -0.1) is 0 Å². The molecule has 0 saturated carbocycles. The van der Waals surface area contributed by atoms with Crippen LogP contribution in [0.5, 0.6) is 0 Å². The smallest absolute Gasteiger partial charge is 0.258 e. The molecule has 1 amide bonds. The van der Waals surface area contributed by atoms with Gasteiger partial charge in [0.15, 0.2) is 0 Å². The van der Waals surface area contributed by atoms with Crippen LogP contribution in [0.3, 0.4) is 0 Å². The van der Waals surface area contributed by atoms with E-state index in [1.165, 1.54) is 18.2 Å². The zero-order valence-electron chi connectivity index (χ0n) is 12.7. The lowest BCUT2D eigenvalue weighted by atomic mass is 10.1. The Hall–Kier alpha value is -3.41. The van der Waals surface area contributed by atoms with Crippen LogP contribution in [0.1, 0.15) is 10.4 Å². The van der Waals surface area contributed by atoms with E-state index in [2.05, 4.69) is 15.6 Å². The minimum absolute atomic E-state index is 0.0949. The maximum atomic E-state index is 13.8. The molecule has 1 aromatic heterocycles. The maximum absolute atomic E-state index is 13.8. The van der Waals surface area contributed by atoms with Crippen molar-refractivity contribution >= 4 is 28.7 Å². The van der Waals surface area contributed by atoms with E-state index < -0.39 is 11.7 Å². The van der Waals surface area contributed by atoms with E-state index in [9.17, 15) is 9.18 Å². The predicted molar refractivity (Wildman–Crippen MR) is 92.7 cm³/mol. The minimum atomic E-state index is -0.618. The first kappa shape index (κ1) is 15.5. The third-order valence-electron chi connectivity index (χ3n) is 3.32. The summed E-state index contributed by atoms with van der Waals surface area (Å²) in [6, 6.07) is 14.7. The summed E-state index contributed by atoms with van der Waals surface area (Å²) in [7, 11) is 0. The maximum Gasteiger partial charge on any atom is 0.258 e. The Morgan fingerprint density at radius 1 is 0.958 bits per heavy atom. The Morgan fingerprint density at radius 2 is 1.71 bits per heavy atom. The van der Waals surface area contributed by atoms with Gasteiger partial charge >= 0.3 is 0 Å². The molecular weight excluding hydrogens is 307 g/mol. The van der Waals surface area contributed by atoms with Crippen LogP contribution in [-0.4, -0.2) is 10.9 Å². The lowest BCUT2D eigenvalue weighted by Crippen LogP contribution is -2.14. The fourth-order valence-corrected chi connectivity index (χ4v) is 2.19. The van der Waals surface area contributed by atoms with Crippen molar-refractivity contribution in [1.82, 2.24) is 4.98 Å². The molecule has 0 saturated heterocycles. The number of pyridine rings is 1. The predicted octanol–water partition coefficient (Wildman–Crippen LogP) is 3.80. The first-order valence-electron chi connectivity index (χ1n) is 7.25. The summed E-state index contributed by atoms with van der Waals surface area (Å²) in [5.41, 5.74) is 8.04. The van der Waals surface area contributed by atoms with E-state index >= 15 is 0 Å². The molecule has 0 radical (unpaired) electrons. The normalized spacial score (nSPS) is 10.2. The van der Waals surface area contributed by atoms with Crippen LogP contribution in [0, 0.1) is 5.82 Å². The van der Waals surface area contributed by atoms with Crippen LogP contribution in [0.15, 0.2) is 67.0 Å². The van der Waals surface area contributed by atoms with E-state index in [0.29, 0.717) is 11.4 Å². The summed E-state index contributed by atoms with van der Waals surface area (Å²) in [4.78, 5) is 16.2. The van der Waals surface area contributed by atoms with Crippen molar-refractivity contribution in [3.8, 4) is 0 Å². The van der Waals surface area contributed by atoms with Gasteiger partial charge in [0.25, 0.3) is 5.91 Å². The van der Waals surface area contributed by atoms with Crippen LogP contribution in [0.4, 0.5) is 27.1 Å². The first-order chi connectivity index (χ1) is 11.6. The highest BCUT2D eigenvalue weighted by atomic mass is 19.1. The third-order valence-corrected chi connectivity index (χ3v) is 3.32. The number of benzene rings is 2. The molecule has 0 aliphatic carbocycles. The minimum Gasteiger partial charge on any atom is -0.399 e. The second kappa shape index (κ2) is 6.78. The quantitative estimate of drug-likeness (QED) is 0.638. The molecule has 0 atom stereocenters. The van der Waals surface area contributed by atoms with Gasteiger partial charge in [0, 0.05) is 35.1 Å². The largest absolute Gasteiger partial charge is 0.399 e. The zero-order valence-corrected chi connectivity index (χ0v) is 12.7. The lowest BCUT2D eigenvalue weighted by molar-refractivity contribution is 0.102. The van der Waals surface area contributed by atoms with Crippen molar-refractivity contribution in [3.05, 3.63) is 78.4 Å². The van der Waals surface area contributed by atoms with Gasteiger partial charge in [-0.1, -0.05) is 6.07 Å². The number of anilines is 4. The number of carbonyl (C=O) groups is 1. The number of amides is 1. The van der Waals surface area contributed by atoms with Gasteiger partial charge in [0.1, 0.15) is 5.82 Å². The third kappa shape index (κ3) is 3.67. The molecule has 1 heterocycles. The highest BCUT2D eigenvalue weighted by Crippen LogP contribution is 2.21. The van der Waals surface area contributed by atoms with Gasteiger partial charge < -0.3 is 16.4 Å². The molecule has 3 aromatic rings. The Bertz CT molecular complexity index is 868. The van der Waals surface area contributed by atoms with Crippen molar-refractivity contribution in [3.63, 3.8) is 0 Å². The SMILES string of the molecule is Nc1ccc(F)c(C(=O)Nc2cccc(Nc3ccncc3)c2)c1. The van der Waals surface area contributed by atoms with Crippen LogP contribution in [0.2, 0.25) is 0 Å². The highest BCUT2D eigenvalue weighted by molar-refractivity contribution is 6.05. The van der Waals surface area contributed by atoms with E-state index in [1.807, 2.05) is 18.2 Å². The number of nitrogens with one attached hydrogen (secondary N) is 2. The van der Waals surface area contributed by atoms with Crippen LogP contribution < -0.4 is 16.4 Å². The van der Waals surface area contributed by atoms with Gasteiger partial charge in [0.2, 0.25) is 0 Å². The molecule has 0 unspecified atom stereocenters. The number of halogens is 1. The molecule has 2 aromatic carbocycles. The molecule has 3 rings (SSSR count). The molecule has 6 heteroatoms. The summed E-state index contributed by atoms with van der Waals surface area (Å²) in [5.74, 6) is -1.17. The number of rotatable bonds is 4. The number of hydrogen-bond donors (Lipinski definition) is 3.